The fourth-order valence-electron chi connectivity index (χ4n) is 1.51. The van der Waals surface area contributed by atoms with E-state index in [0.717, 1.165) is 11.1 Å². The Kier molecular flexibility index (Phi) is 3.52. The molecule has 5 heteroatoms. The molecule has 0 amide bonds. The molecule has 0 aliphatic rings. The molecule has 18 heavy (non-hydrogen) atoms. The quantitative estimate of drug-likeness (QED) is 0.892. The van der Waals surface area contributed by atoms with Crippen LogP contribution < -0.4 is 4.74 Å². The van der Waals surface area contributed by atoms with Crippen molar-refractivity contribution in [2.24, 2.45) is 0 Å². The Morgan fingerprint density at radius 1 is 1.28 bits per heavy atom. The number of aromatic nitrogens is 2. The molecule has 0 atom stereocenters. The molecule has 0 unspecified atom stereocenters. The molecule has 2 aromatic heterocycles. The number of carbonyl (C=O) groups is 1. The molecular weight excluding hydrogens is 232 g/mol. The van der Waals surface area contributed by atoms with Crippen molar-refractivity contribution in [2.45, 2.75) is 6.92 Å². The topological polar surface area (TPSA) is 72.3 Å². The first-order valence-corrected chi connectivity index (χ1v) is 5.49. The van der Waals surface area contributed by atoms with Crippen molar-refractivity contribution >= 4 is 5.97 Å². The Hall–Kier alpha value is -2.43. The lowest BCUT2D eigenvalue weighted by atomic mass is 10.1. The molecule has 92 valence electrons. The third kappa shape index (κ3) is 2.63. The van der Waals surface area contributed by atoms with Crippen molar-refractivity contribution < 1.29 is 14.6 Å². The zero-order valence-electron chi connectivity index (χ0n) is 9.83. The zero-order valence-corrected chi connectivity index (χ0v) is 9.83. The molecule has 0 aromatic carbocycles. The standard InChI is InChI=1S/C13H12N2O3/c1-2-18-12-4-3-10(8-15-12)9-5-6-14-11(7-9)13(16)17/h3-8H,2H2,1H3,(H,16,17). The highest BCUT2D eigenvalue weighted by Gasteiger charge is 2.06. The molecule has 2 heterocycles. The number of ether oxygens (including phenoxy) is 1. The molecule has 1 N–H and O–H groups in total. The Balaban J connectivity index is 2.30. The first kappa shape index (κ1) is 12.0. The molecule has 0 bridgehead atoms. The second kappa shape index (κ2) is 5.27. The molecule has 0 spiro atoms. The largest absolute Gasteiger partial charge is 0.478 e. The van der Waals surface area contributed by atoms with E-state index in [1.807, 2.05) is 13.0 Å². The van der Waals surface area contributed by atoms with Crippen LogP contribution in [0, 0.1) is 0 Å². The molecule has 5 nitrogen and oxygen atoms in total. The Morgan fingerprint density at radius 3 is 2.72 bits per heavy atom. The molecule has 2 rings (SSSR count). The first-order chi connectivity index (χ1) is 8.70. The van der Waals surface area contributed by atoms with Gasteiger partial charge in [0.05, 0.1) is 6.61 Å². The van der Waals surface area contributed by atoms with E-state index >= 15 is 0 Å². The van der Waals surface area contributed by atoms with E-state index in [9.17, 15) is 4.79 Å². The van der Waals surface area contributed by atoms with Gasteiger partial charge in [-0.05, 0) is 30.7 Å². The SMILES string of the molecule is CCOc1ccc(-c2ccnc(C(=O)O)c2)cn1. The summed E-state index contributed by atoms with van der Waals surface area (Å²) in [4.78, 5) is 18.7. The van der Waals surface area contributed by atoms with Crippen molar-refractivity contribution in [1.82, 2.24) is 9.97 Å². The van der Waals surface area contributed by atoms with E-state index in [0.29, 0.717) is 12.5 Å². The van der Waals surface area contributed by atoms with E-state index < -0.39 is 5.97 Å². The van der Waals surface area contributed by atoms with Gasteiger partial charge >= 0.3 is 5.97 Å². The van der Waals surface area contributed by atoms with Gasteiger partial charge in [0.2, 0.25) is 5.88 Å². The monoisotopic (exact) mass is 244 g/mol. The van der Waals surface area contributed by atoms with Gasteiger partial charge in [-0.1, -0.05) is 0 Å². The lowest BCUT2D eigenvalue weighted by Gasteiger charge is -2.04. The number of carboxylic acid groups (broad SMARTS) is 1. The Morgan fingerprint density at radius 2 is 2.11 bits per heavy atom. The van der Waals surface area contributed by atoms with Crippen molar-refractivity contribution in [1.29, 1.82) is 0 Å². The maximum absolute atomic E-state index is 10.8. The number of pyridine rings is 2. The summed E-state index contributed by atoms with van der Waals surface area (Å²) < 4.78 is 5.24. The highest BCUT2D eigenvalue weighted by molar-refractivity contribution is 5.87. The molecule has 0 fully saturated rings. The Bertz CT molecular complexity index is 552. The van der Waals surface area contributed by atoms with Crippen LogP contribution >= 0.6 is 0 Å². The minimum atomic E-state index is -1.05. The predicted octanol–water partition coefficient (Wildman–Crippen LogP) is 2.24. The fraction of sp³-hybridized carbons (Fsp3) is 0.154. The zero-order chi connectivity index (χ0) is 13.0. The summed E-state index contributed by atoms with van der Waals surface area (Å²) in [5, 5.41) is 8.87. The maximum atomic E-state index is 10.8. The van der Waals surface area contributed by atoms with Gasteiger partial charge in [-0.2, -0.15) is 0 Å². The van der Waals surface area contributed by atoms with Crippen LogP contribution in [0.25, 0.3) is 11.1 Å². The summed E-state index contributed by atoms with van der Waals surface area (Å²) in [5.74, 6) is -0.496. The molecular formula is C13H12N2O3. The predicted molar refractivity (Wildman–Crippen MR) is 65.6 cm³/mol. The summed E-state index contributed by atoms with van der Waals surface area (Å²) >= 11 is 0. The average molecular weight is 244 g/mol. The van der Waals surface area contributed by atoms with E-state index in [2.05, 4.69) is 9.97 Å². The van der Waals surface area contributed by atoms with Gasteiger partial charge in [0, 0.05) is 24.0 Å². The maximum Gasteiger partial charge on any atom is 0.354 e. The lowest BCUT2D eigenvalue weighted by Crippen LogP contribution is -1.99. The van der Waals surface area contributed by atoms with Gasteiger partial charge in [-0.15, -0.1) is 0 Å². The van der Waals surface area contributed by atoms with E-state index in [4.69, 9.17) is 9.84 Å². The molecule has 0 aliphatic heterocycles. The summed E-state index contributed by atoms with van der Waals surface area (Å²) in [6.45, 7) is 2.45. The smallest absolute Gasteiger partial charge is 0.354 e. The lowest BCUT2D eigenvalue weighted by molar-refractivity contribution is 0.0690. The number of rotatable bonds is 4. The number of nitrogens with zero attached hydrogens (tertiary/aromatic N) is 2. The molecule has 0 aliphatic carbocycles. The van der Waals surface area contributed by atoms with Gasteiger partial charge in [-0.3, -0.25) is 0 Å². The van der Waals surface area contributed by atoms with Gasteiger partial charge in [0.1, 0.15) is 5.69 Å². The van der Waals surface area contributed by atoms with Crippen LogP contribution in [0.15, 0.2) is 36.7 Å². The fourth-order valence-corrected chi connectivity index (χ4v) is 1.51. The third-order valence-corrected chi connectivity index (χ3v) is 2.34. The van der Waals surface area contributed by atoms with Crippen LogP contribution in [0.1, 0.15) is 17.4 Å². The van der Waals surface area contributed by atoms with Crippen molar-refractivity contribution in [3.05, 3.63) is 42.4 Å². The van der Waals surface area contributed by atoms with E-state index in [1.54, 1.807) is 18.3 Å². The van der Waals surface area contributed by atoms with Gasteiger partial charge in [-0.25, -0.2) is 14.8 Å². The van der Waals surface area contributed by atoms with Crippen molar-refractivity contribution in [3.63, 3.8) is 0 Å². The van der Waals surface area contributed by atoms with Crippen LogP contribution in [0.3, 0.4) is 0 Å². The molecule has 0 saturated heterocycles. The minimum absolute atomic E-state index is 0.0152. The van der Waals surface area contributed by atoms with E-state index in [-0.39, 0.29) is 5.69 Å². The van der Waals surface area contributed by atoms with Crippen LogP contribution in [0.5, 0.6) is 5.88 Å². The van der Waals surface area contributed by atoms with Gasteiger partial charge in [0.25, 0.3) is 0 Å². The number of hydrogen-bond acceptors (Lipinski definition) is 4. The highest BCUT2D eigenvalue weighted by Crippen LogP contribution is 2.20. The number of hydrogen-bond donors (Lipinski definition) is 1. The van der Waals surface area contributed by atoms with E-state index in [1.165, 1.54) is 12.3 Å². The molecule has 2 aromatic rings. The van der Waals surface area contributed by atoms with Crippen LogP contribution in [0.2, 0.25) is 0 Å². The average Bonchev–Trinajstić information content (AvgIpc) is 2.40. The number of aromatic carboxylic acids is 1. The highest BCUT2D eigenvalue weighted by atomic mass is 16.5. The normalized spacial score (nSPS) is 10.1. The summed E-state index contributed by atoms with van der Waals surface area (Å²) in [6.07, 6.45) is 3.11. The summed E-state index contributed by atoms with van der Waals surface area (Å²) in [6, 6.07) is 6.84. The van der Waals surface area contributed by atoms with Crippen LogP contribution in [-0.4, -0.2) is 27.7 Å². The van der Waals surface area contributed by atoms with Crippen LogP contribution in [-0.2, 0) is 0 Å². The number of carboxylic acids is 1. The summed E-state index contributed by atoms with van der Waals surface area (Å²) in [5.41, 5.74) is 1.60. The first-order valence-electron chi connectivity index (χ1n) is 5.49. The second-order valence-electron chi connectivity index (χ2n) is 3.55. The Labute approximate surface area is 104 Å². The van der Waals surface area contributed by atoms with Crippen molar-refractivity contribution in [2.75, 3.05) is 6.61 Å². The van der Waals surface area contributed by atoms with Gasteiger partial charge < -0.3 is 9.84 Å². The minimum Gasteiger partial charge on any atom is -0.478 e. The third-order valence-electron chi connectivity index (χ3n) is 2.34. The molecule has 0 saturated carbocycles. The second-order valence-corrected chi connectivity index (χ2v) is 3.55. The molecule has 0 radical (unpaired) electrons. The van der Waals surface area contributed by atoms with Crippen molar-refractivity contribution in [3.8, 4) is 17.0 Å². The summed E-state index contributed by atoms with van der Waals surface area (Å²) in [7, 11) is 0. The van der Waals surface area contributed by atoms with Gasteiger partial charge in [0.15, 0.2) is 0 Å². The van der Waals surface area contributed by atoms with Crippen LogP contribution in [0.4, 0.5) is 0 Å².